The van der Waals surface area contributed by atoms with Gasteiger partial charge in [0, 0.05) is 0 Å². The SMILES string of the molecule is CCC(C)(O)C(F)(F)C(=O)OCC(F)(F)F. The predicted octanol–water partition coefficient (Wildman–Crippen LogP) is 1.89. The van der Waals surface area contributed by atoms with Gasteiger partial charge in [0.1, 0.15) is 5.60 Å². The van der Waals surface area contributed by atoms with Gasteiger partial charge in [-0.2, -0.15) is 22.0 Å². The Balaban J connectivity index is 4.60. The van der Waals surface area contributed by atoms with Gasteiger partial charge in [-0.15, -0.1) is 0 Å². The fourth-order valence-electron chi connectivity index (χ4n) is 0.680. The van der Waals surface area contributed by atoms with E-state index in [1.165, 1.54) is 0 Å². The Labute approximate surface area is 88.2 Å². The first-order valence-electron chi connectivity index (χ1n) is 4.28. The molecule has 0 spiro atoms. The maximum Gasteiger partial charge on any atom is 0.422 e. The first-order valence-corrected chi connectivity index (χ1v) is 4.28. The van der Waals surface area contributed by atoms with Crippen LogP contribution in [0.5, 0.6) is 0 Å². The second kappa shape index (κ2) is 4.52. The van der Waals surface area contributed by atoms with Gasteiger partial charge < -0.3 is 9.84 Å². The molecule has 3 nitrogen and oxygen atoms in total. The number of ether oxygens (including phenoxy) is 1. The molecule has 1 atom stereocenters. The van der Waals surface area contributed by atoms with Crippen LogP contribution in [0.1, 0.15) is 20.3 Å². The van der Waals surface area contributed by atoms with E-state index in [2.05, 4.69) is 4.74 Å². The van der Waals surface area contributed by atoms with E-state index in [0.717, 1.165) is 6.92 Å². The largest absolute Gasteiger partial charge is 0.452 e. The van der Waals surface area contributed by atoms with Gasteiger partial charge in [0.25, 0.3) is 0 Å². The minimum Gasteiger partial charge on any atom is -0.452 e. The van der Waals surface area contributed by atoms with Crippen LogP contribution in [0, 0.1) is 0 Å². The molecule has 0 heterocycles. The van der Waals surface area contributed by atoms with Crippen LogP contribution in [-0.4, -0.2) is 35.4 Å². The van der Waals surface area contributed by atoms with Gasteiger partial charge in [-0.1, -0.05) is 6.92 Å². The van der Waals surface area contributed by atoms with Crippen LogP contribution in [0.15, 0.2) is 0 Å². The summed E-state index contributed by atoms with van der Waals surface area (Å²) in [6, 6.07) is 0. The molecule has 16 heavy (non-hydrogen) atoms. The van der Waals surface area contributed by atoms with Crippen LogP contribution in [0.2, 0.25) is 0 Å². The van der Waals surface area contributed by atoms with Crippen molar-refractivity contribution >= 4 is 5.97 Å². The van der Waals surface area contributed by atoms with Gasteiger partial charge in [-0.3, -0.25) is 0 Å². The maximum absolute atomic E-state index is 13.1. The number of alkyl halides is 5. The number of hydrogen-bond acceptors (Lipinski definition) is 3. The predicted molar refractivity (Wildman–Crippen MR) is 42.9 cm³/mol. The highest BCUT2D eigenvalue weighted by Crippen LogP contribution is 2.33. The Morgan fingerprint density at radius 3 is 2.00 bits per heavy atom. The highest BCUT2D eigenvalue weighted by atomic mass is 19.4. The van der Waals surface area contributed by atoms with Crippen molar-refractivity contribution in [3.8, 4) is 0 Å². The monoisotopic (exact) mass is 250 g/mol. The van der Waals surface area contributed by atoms with Crippen LogP contribution in [0.25, 0.3) is 0 Å². The molecule has 0 fully saturated rings. The third-order valence-electron chi connectivity index (χ3n) is 1.99. The van der Waals surface area contributed by atoms with Crippen molar-refractivity contribution in [1.82, 2.24) is 0 Å². The van der Waals surface area contributed by atoms with Crippen molar-refractivity contribution in [2.45, 2.75) is 38.0 Å². The topological polar surface area (TPSA) is 46.5 Å². The van der Waals surface area contributed by atoms with Crippen LogP contribution in [0.4, 0.5) is 22.0 Å². The third-order valence-corrected chi connectivity index (χ3v) is 1.99. The molecule has 0 bridgehead atoms. The minimum absolute atomic E-state index is 0.513. The molecule has 0 radical (unpaired) electrons. The van der Waals surface area contributed by atoms with E-state index >= 15 is 0 Å². The summed E-state index contributed by atoms with van der Waals surface area (Å²) in [5, 5.41) is 9.12. The lowest BCUT2D eigenvalue weighted by molar-refractivity contribution is -0.227. The highest BCUT2D eigenvalue weighted by Gasteiger charge is 2.56. The molecular weight excluding hydrogens is 239 g/mol. The second-order valence-corrected chi connectivity index (χ2v) is 3.39. The van der Waals surface area contributed by atoms with Gasteiger partial charge in [0.15, 0.2) is 6.61 Å². The molecule has 0 aromatic rings. The molecule has 0 aliphatic carbocycles. The average Bonchev–Trinajstić information content (AvgIpc) is 2.12. The first kappa shape index (κ1) is 15.1. The Hall–Kier alpha value is -0.920. The molecule has 0 rings (SSSR count). The molecule has 0 aromatic heterocycles. The van der Waals surface area contributed by atoms with Gasteiger partial charge in [0.05, 0.1) is 0 Å². The van der Waals surface area contributed by atoms with Crippen molar-refractivity contribution in [2.75, 3.05) is 6.61 Å². The van der Waals surface area contributed by atoms with Crippen molar-refractivity contribution in [3.05, 3.63) is 0 Å². The normalized spacial score (nSPS) is 16.8. The van der Waals surface area contributed by atoms with Crippen molar-refractivity contribution in [3.63, 3.8) is 0 Å². The summed E-state index contributed by atoms with van der Waals surface area (Å²) in [5.74, 6) is -6.77. The fraction of sp³-hybridized carbons (Fsp3) is 0.875. The lowest BCUT2D eigenvalue weighted by Crippen LogP contribution is -2.52. The zero-order valence-electron chi connectivity index (χ0n) is 8.57. The van der Waals surface area contributed by atoms with E-state index in [-0.39, 0.29) is 0 Å². The van der Waals surface area contributed by atoms with Crippen molar-refractivity contribution < 1.29 is 36.6 Å². The van der Waals surface area contributed by atoms with E-state index in [0.29, 0.717) is 6.92 Å². The van der Waals surface area contributed by atoms with E-state index in [4.69, 9.17) is 5.11 Å². The minimum atomic E-state index is -4.89. The zero-order valence-corrected chi connectivity index (χ0v) is 8.57. The van der Waals surface area contributed by atoms with Crippen LogP contribution >= 0.6 is 0 Å². The average molecular weight is 250 g/mol. The highest BCUT2D eigenvalue weighted by molar-refractivity contribution is 5.79. The first-order chi connectivity index (χ1) is 6.94. The molecule has 96 valence electrons. The molecule has 0 saturated heterocycles. The standard InChI is InChI=1S/C8H11F5O3/c1-3-6(2,15)8(12,13)5(14)16-4-7(9,10)11/h15H,3-4H2,1-2H3. The summed E-state index contributed by atoms with van der Waals surface area (Å²) in [4.78, 5) is 10.7. The quantitative estimate of drug-likeness (QED) is 0.612. The number of rotatable bonds is 4. The van der Waals surface area contributed by atoms with E-state index < -0.39 is 36.7 Å². The molecule has 0 aromatic carbocycles. The van der Waals surface area contributed by atoms with Gasteiger partial charge in [-0.05, 0) is 13.3 Å². The Morgan fingerprint density at radius 1 is 1.25 bits per heavy atom. The van der Waals surface area contributed by atoms with Crippen LogP contribution in [0.3, 0.4) is 0 Å². The fourth-order valence-corrected chi connectivity index (χ4v) is 0.680. The summed E-state index contributed by atoms with van der Waals surface area (Å²) in [6.45, 7) is -0.311. The van der Waals surface area contributed by atoms with Crippen LogP contribution in [-0.2, 0) is 9.53 Å². The number of halogens is 5. The summed E-state index contributed by atoms with van der Waals surface area (Å²) in [5.41, 5.74) is -2.74. The zero-order chi connectivity index (χ0) is 13.2. The molecule has 0 amide bonds. The summed E-state index contributed by atoms with van der Waals surface area (Å²) < 4.78 is 64.3. The number of carbonyl (C=O) groups is 1. The Morgan fingerprint density at radius 2 is 1.69 bits per heavy atom. The summed E-state index contributed by atoms with van der Waals surface area (Å²) >= 11 is 0. The van der Waals surface area contributed by atoms with E-state index in [1.54, 1.807) is 0 Å². The van der Waals surface area contributed by atoms with E-state index in [1.807, 2.05) is 0 Å². The molecule has 0 aliphatic rings. The number of hydrogen-bond donors (Lipinski definition) is 1. The second-order valence-electron chi connectivity index (χ2n) is 3.39. The maximum atomic E-state index is 13.1. The number of aliphatic hydroxyl groups is 1. The molecular formula is C8H11F5O3. The van der Waals surface area contributed by atoms with Crippen LogP contribution < -0.4 is 0 Å². The molecule has 1 unspecified atom stereocenters. The Kier molecular flexibility index (Phi) is 4.26. The molecule has 8 heteroatoms. The van der Waals surface area contributed by atoms with Crippen molar-refractivity contribution in [2.24, 2.45) is 0 Å². The van der Waals surface area contributed by atoms with E-state index in [9.17, 15) is 26.7 Å². The molecule has 0 saturated carbocycles. The summed E-state index contributed by atoms with van der Waals surface area (Å²) in [7, 11) is 0. The van der Waals surface area contributed by atoms with Gasteiger partial charge >= 0.3 is 18.1 Å². The molecule has 0 aliphatic heterocycles. The lowest BCUT2D eigenvalue weighted by atomic mass is 9.95. The third kappa shape index (κ3) is 3.58. The molecule has 1 N–H and O–H groups in total. The lowest BCUT2D eigenvalue weighted by Gasteiger charge is -2.29. The Bertz CT molecular complexity index is 259. The van der Waals surface area contributed by atoms with Crippen molar-refractivity contribution in [1.29, 1.82) is 0 Å². The summed E-state index contributed by atoms with van der Waals surface area (Å²) in [6.07, 6.45) is -5.40. The number of esters is 1. The smallest absolute Gasteiger partial charge is 0.422 e. The van der Waals surface area contributed by atoms with Gasteiger partial charge in [0.2, 0.25) is 0 Å². The van der Waals surface area contributed by atoms with Gasteiger partial charge in [-0.25, -0.2) is 4.79 Å². The number of carbonyl (C=O) groups excluding carboxylic acids is 1.